The topological polar surface area (TPSA) is 89.9 Å². The first-order valence-corrected chi connectivity index (χ1v) is 8.79. The fourth-order valence-electron chi connectivity index (χ4n) is 4.22. The number of rotatable bonds is 2. The standard InChI is InChI=1S/C20H24O6/c1-10(2)8-15(22)26-17-16-12(4)18(23)25-13(16)9-20(24)14(21)7-6-11(3)19(17,20)5/h8-9,11,17,24H,6-7H2,1-5H3/t11-,17+,19-,20?/m0/s1. The van der Waals surface area contributed by atoms with Crippen LogP contribution in [0.5, 0.6) is 0 Å². The summed E-state index contributed by atoms with van der Waals surface area (Å²) in [6.45, 7) is 8.80. The maximum Gasteiger partial charge on any atom is 0.339 e. The third-order valence-electron chi connectivity index (χ3n) is 6.04. The minimum absolute atomic E-state index is 0.116. The number of carbonyl (C=O) groups excluding carboxylic acids is 3. The molecule has 140 valence electrons. The molecule has 0 aromatic carbocycles. The molecule has 1 heterocycles. The van der Waals surface area contributed by atoms with Crippen LogP contribution in [0, 0.1) is 11.3 Å². The van der Waals surface area contributed by atoms with Gasteiger partial charge in [-0.15, -0.1) is 0 Å². The van der Waals surface area contributed by atoms with Gasteiger partial charge in [-0.3, -0.25) is 4.79 Å². The van der Waals surface area contributed by atoms with Gasteiger partial charge < -0.3 is 14.6 Å². The molecule has 3 aliphatic rings. The molecule has 0 bridgehead atoms. The Kier molecular flexibility index (Phi) is 4.22. The number of carbonyl (C=O) groups is 3. The highest BCUT2D eigenvalue weighted by Gasteiger charge is 2.66. The highest BCUT2D eigenvalue weighted by atomic mass is 16.6. The van der Waals surface area contributed by atoms with Gasteiger partial charge in [0, 0.05) is 23.6 Å². The Balaban J connectivity index is 2.21. The first kappa shape index (κ1) is 18.6. The Labute approximate surface area is 152 Å². The molecule has 1 saturated carbocycles. The summed E-state index contributed by atoms with van der Waals surface area (Å²) < 4.78 is 11.0. The molecular formula is C20H24O6. The highest BCUT2D eigenvalue weighted by molar-refractivity contribution is 5.98. The molecule has 3 rings (SSSR count). The van der Waals surface area contributed by atoms with Gasteiger partial charge in [0.25, 0.3) is 0 Å². The van der Waals surface area contributed by atoms with Crippen molar-refractivity contribution in [3.8, 4) is 0 Å². The lowest BCUT2D eigenvalue weighted by atomic mass is 9.52. The summed E-state index contributed by atoms with van der Waals surface area (Å²) in [5.74, 6) is -1.49. The molecule has 4 atom stereocenters. The Morgan fingerprint density at radius 2 is 2.04 bits per heavy atom. The fourth-order valence-corrected chi connectivity index (χ4v) is 4.22. The summed E-state index contributed by atoms with van der Waals surface area (Å²) in [5.41, 5.74) is -1.41. The molecule has 2 aliphatic carbocycles. The lowest BCUT2D eigenvalue weighted by Crippen LogP contribution is -2.65. The van der Waals surface area contributed by atoms with Crippen molar-refractivity contribution < 1.29 is 29.0 Å². The summed E-state index contributed by atoms with van der Waals surface area (Å²) in [6.07, 6.45) is 2.51. The Morgan fingerprint density at radius 3 is 2.65 bits per heavy atom. The molecule has 1 aliphatic heterocycles. The van der Waals surface area contributed by atoms with Crippen LogP contribution in [0.2, 0.25) is 0 Å². The lowest BCUT2D eigenvalue weighted by molar-refractivity contribution is -0.186. The minimum atomic E-state index is -1.86. The highest BCUT2D eigenvalue weighted by Crippen LogP contribution is 2.57. The quantitative estimate of drug-likeness (QED) is 0.601. The summed E-state index contributed by atoms with van der Waals surface area (Å²) in [4.78, 5) is 37.1. The van der Waals surface area contributed by atoms with Crippen molar-refractivity contribution in [2.24, 2.45) is 11.3 Å². The minimum Gasteiger partial charge on any atom is -0.453 e. The third kappa shape index (κ3) is 2.39. The van der Waals surface area contributed by atoms with E-state index in [4.69, 9.17) is 9.47 Å². The number of hydrogen-bond acceptors (Lipinski definition) is 6. The van der Waals surface area contributed by atoms with Crippen LogP contribution in [-0.2, 0) is 23.9 Å². The van der Waals surface area contributed by atoms with Crippen molar-refractivity contribution in [2.75, 3.05) is 0 Å². The first-order chi connectivity index (χ1) is 12.0. The molecule has 0 radical (unpaired) electrons. The average Bonchev–Trinajstić information content (AvgIpc) is 2.80. The van der Waals surface area contributed by atoms with Crippen LogP contribution in [0.1, 0.15) is 47.5 Å². The largest absolute Gasteiger partial charge is 0.453 e. The summed E-state index contributed by atoms with van der Waals surface area (Å²) in [7, 11) is 0. The maximum absolute atomic E-state index is 12.7. The van der Waals surface area contributed by atoms with Gasteiger partial charge in [0.2, 0.25) is 0 Å². The average molecular weight is 360 g/mol. The van der Waals surface area contributed by atoms with Gasteiger partial charge in [-0.05, 0) is 39.2 Å². The lowest BCUT2D eigenvalue weighted by Gasteiger charge is -2.55. The van der Waals surface area contributed by atoms with Crippen LogP contribution in [0.25, 0.3) is 0 Å². The maximum atomic E-state index is 12.7. The molecule has 0 amide bonds. The second kappa shape index (κ2) is 5.91. The fraction of sp³-hybridized carbons (Fsp3) is 0.550. The van der Waals surface area contributed by atoms with E-state index in [1.54, 1.807) is 27.7 Å². The molecule has 0 aromatic heterocycles. The van der Waals surface area contributed by atoms with Crippen LogP contribution < -0.4 is 0 Å². The van der Waals surface area contributed by atoms with Crippen molar-refractivity contribution in [1.82, 2.24) is 0 Å². The van der Waals surface area contributed by atoms with E-state index in [-0.39, 0.29) is 23.9 Å². The molecule has 0 spiro atoms. The second-order valence-corrected chi connectivity index (χ2v) is 7.89. The van der Waals surface area contributed by atoms with Gasteiger partial charge in [-0.25, -0.2) is 9.59 Å². The van der Waals surface area contributed by atoms with Crippen molar-refractivity contribution in [3.05, 3.63) is 34.6 Å². The van der Waals surface area contributed by atoms with Crippen molar-refractivity contribution in [3.63, 3.8) is 0 Å². The zero-order chi connectivity index (χ0) is 19.4. The number of hydrogen-bond donors (Lipinski definition) is 1. The van der Waals surface area contributed by atoms with Gasteiger partial charge in [0.15, 0.2) is 11.4 Å². The number of fused-ring (bicyclic) bond motifs is 2. The predicted octanol–water partition coefficient (Wildman–Crippen LogP) is 2.37. The molecular weight excluding hydrogens is 336 g/mol. The monoisotopic (exact) mass is 360 g/mol. The van der Waals surface area contributed by atoms with Gasteiger partial charge in [-0.2, -0.15) is 0 Å². The van der Waals surface area contributed by atoms with Crippen LogP contribution in [0.15, 0.2) is 34.6 Å². The van der Waals surface area contributed by atoms with E-state index in [9.17, 15) is 19.5 Å². The molecule has 1 fully saturated rings. The molecule has 6 nitrogen and oxygen atoms in total. The predicted molar refractivity (Wildman–Crippen MR) is 92.6 cm³/mol. The van der Waals surface area contributed by atoms with Gasteiger partial charge >= 0.3 is 11.9 Å². The smallest absolute Gasteiger partial charge is 0.339 e. The zero-order valence-corrected chi connectivity index (χ0v) is 15.7. The summed E-state index contributed by atoms with van der Waals surface area (Å²) in [6, 6.07) is 0. The van der Waals surface area contributed by atoms with Crippen LogP contribution >= 0.6 is 0 Å². The molecule has 0 aromatic rings. The number of ether oxygens (including phenoxy) is 2. The van der Waals surface area contributed by atoms with E-state index in [0.717, 1.165) is 5.57 Å². The molecule has 1 N–H and O–H groups in total. The third-order valence-corrected chi connectivity index (χ3v) is 6.04. The van der Waals surface area contributed by atoms with E-state index >= 15 is 0 Å². The van der Waals surface area contributed by atoms with E-state index in [1.807, 2.05) is 6.92 Å². The van der Waals surface area contributed by atoms with Crippen LogP contribution in [0.3, 0.4) is 0 Å². The Hall–Kier alpha value is -2.21. The first-order valence-electron chi connectivity index (χ1n) is 8.79. The zero-order valence-electron chi connectivity index (χ0n) is 15.7. The van der Waals surface area contributed by atoms with E-state index < -0.39 is 29.1 Å². The number of aliphatic hydroxyl groups is 1. The van der Waals surface area contributed by atoms with Crippen LogP contribution in [-0.4, -0.2) is 34.5 Å². The summed E-state index contributed by atoms with van der Waals surface area (Å²) >= 11 is 0. The summed E-state index contributed by atoms with van der Waals surface area (Å²) in [5, 5.41) is 11.3. The van der Waals surface area contributed by atoms with Gasteiger partial charge in [0.1, 0.15) is 11.9 Å². The number of allylic oxidation sites excluding steroid dienone is 1. The normalized spacial score (nSPS) is 36.0. The number of ketones is 1. The molecule has 6 heteroatoms. The van der Waals surface area contributed by atoms with E-state index in [2.05, 4.69) is 0 Å². The Morgan fingerprint density at radius 1 is 1.38 bits per heavy atom. The SMILES string of the molecule is CC(C)=CC(=O)O[C@@H]1C2=C(C)C(=O)OC2=CC2(O)C(=O)CC[C@H](C)[C@@]12C. The van der Waals surface area contributed by atoms with Gasteiger partial charge in [-0.1, -0.05) is 19.4 Å². The van der Waals surface area contributed by atoms with Crippen molar-refractivity contribution in [1.29, 1.82) is 0 Å². The number of esters is 2. The number of Topliss-reactive ketones (excluding diaryl/α,β-unsaturated/α-hetero) is 1. The molecule has 0 saturated heterocycles. The Bertz CT molecular complexity index is 797. The van der Waals surface area contributed by atoms with E-state index in [1.165, 1.54) is 12.2 Å². The van der Waals surface area contributed by atoms with Crippen LogP contribution in [0.4, 0.5) is 0 Å². The van der Waals surface area contributed by atoms with Gasteiger partial charge in [0.05, 0.1) is 5.41 Å². The van der Waals surface area contributed by atoms with Crippen molar-refractivity contribution in [2.45, 2.75) is 59.2 Å². The second-order valence-electron chi connectivity index (χ2n) is 7.89. The van der Waals surface area contributed by atoms with Crippen molar-refractivity contribution >= 4 is 17.7 Å². The molecule has 26 heavy (non-hydrogen) atoms. The molecule has 1 unspecified atom stereocenters. The van der Waals surface area contributed by atoms with E-state index in [0.29, 0.717) is 17.6 Å².